The molecule has 0 aromatic heterocycles. The number of carbonyl (C=O) groups is 2. The first-order valence-corrected chi connectivity index (χ1v) is 9.84. The van der Waals surface area contributed by atoms with Crippen LogP contribution in [0, 0.1) is 0 Å². The van der Waals surface area contributed by atoms with Crippen LogP contribution in [0.1, 0.15) is 15.9 Å². The molecule has 0 radical (unpaired) electrons. The van der Waals surface area contributed by atoms with Gasteiger partial charge >= 0.3 is 5.97 Å². The van der Waals surface area contributed by atoms with Crippen molar-refractivity contribution in [3.05, 3.63) is 94.9 Å². The van der Waals surface area contributed by atoms with E-state index in [0.717, 1.165) is 11.3 Å². The first-order valence-electron chi connectivity index (χ1n) is 9.03. The number of amides is 1. The number of aromatic carboxylic acids is 1. The van der Waals surface area contributed by atoms with Crippen LogP contribution in [0.3, 0.4) is 0 Å². The highest BCUT2D eigenvalue weighted by Crippen LogP contribution is 2.29. The Labute approximate surface area is 176 Å². The van der Waals surface area contributed by atoms with E-state index in [4.69, 9.17) is 9.84 Å². The molecule has 0 atom stereocenters. The minimum absolute atomic E-state index is 0.197. The van der Waals surface area contributed by atoms with Crippen molar-refractivity contribution >= 4 is 40.6 Å². The van der Waals surface area contributed by atoms with Gasteiger partial charge in [0.1, 0.15) is 11.5 Å². The number of benzene rings is 3. The van der Waals surface area contributed by atoms with Crippen molar-refractivity contribution in [1.29, 1.82) is 0 Å². The van der Waals surface area contributed by atoms with Crippen molar-refractivity contribution < 1.29 is 19.4 Å². The summed E-state index contributed by atoms with van der Waals surface area (Å²) in [6.45, 7) is 0. The van der Waals surface area contributed by atoms with Gasteiger partial charge in [0.15, 0.2) is 5.17 Å². The molecule has 1 aliphatic rings. The van der Waals surface area contributed by atoms with Crippen LogP contribution in [0.2, 0.25) is 0 Å². The van der Waals surface area contributed by atoms with Gasteiger partial charge < -0.3 is 15.2 Å². The van der Waals surface area contributed by atoms with E-state index in [0.29, 0.717) is 21.5 Å². The Kier molecular flexibility index (Phi) is 5.63. The molecule has 7 heteroatoms. The molecule has 1 amide bonds. The summed E-state index contributed by atoms with van der Waals surface area (Å²) >= 11 is 1.23. The summed E-state index contributed by atoms with van der Waals surface area (Å²) in [6, 6.07) is 23.0. The molecule has 6 nitrogen and oxygen atoms in total. The van der Waals surface area contributed by atoms with Gasteiger partial charge in [-0.2, -0.15) is 0 Å². The summed E-state index contributed by atoms with van der Waals surface area (Å²) in [6.07, 6.45) is 1.70. The summed E-state index contributed by atoms with van der Waals surface area (Å²) in [5.41, 5.74) is 1.62. The third-order valence-corrected chi connectivity index (χ3v) is 5.06. The Hall–Kier alpha value is -3.84. The number of nitrogens with one attached hydrogen (secondary N) is 1. The van der Waals surface area contributed by atoms with Crippen LogP contribution in [-0.2, 0) is 4.79 Å². The molecule has 3 aromatic rings. The average molecular weight is 416 g/mol. The first-order chi connectivity index (χ1) is 14.6. The van der Waals surface area contributed by atoms with Gasteiger partial charge in [-0.05, 0) is 71.9 Å². The smallest absolute Gasteiger partial charge is 0.335 e. The maximum absolute atomic E-state index is 12.2. The second-order valence-electron chi connectivity index (χ2n) is 6.32. The molecule has 0 spiro atoms. The molecule has 0 bridgehead atoms. The number of carbonyl (C=O) groups excluding carboxylic acids is 1. The third kappa shape index (κ3) is 4.76. The normalized spacial score (nSPS) is 15.9. The fraction of sp³-hybridized carbons (Fsp3) is 0. The number of aliphatic imine (C=N–C) groups is 1. The lowest BCUT2D eigenvalue weighted by molar-refractivity contribution is -0.115. The van der Waals surface area contributed by atoms with Crippen LogP contribution < -0.4 is 10.1 Å². The lowest BCUT2D eigenvalue weighted by atomic mass is 10.1. The van der Waals surface area contributed by atoms with Crippen LogP contribution >= 0.6 is 11.8 Å². The third-order valence-electron chi connectivity index (χ3n) is 4.15. The Balaban J connectivity index is 1.44. The van der Waals surface area contributed by atoms with Crippen molar-refractivity contribution in [2.24, 2.45) is 4.99 Å². The Morgan fingerprint density at radius 3 is 2.27 bits per heavy atom. The Morgan fingerprint density at radius 1 is 0.933 bits per heavy atom. The fourth-order valence-electron chi connectivity index (χ4n) is 2.68. The van der Waals surface area contributed by atoms with Crippen LogP contribution in [-0.4, -0.2) is 22.2 Å². The second-order valence-corrected chi connectivity index (χ2v) is 7.35. The highest BCUT2D eigenvalue weighted by atomic mass is 32.2. The van der Waals surface area contributed by atoms with E-state index in [9.17, 15) is 9.59 Å². The fourth-order valence-corrected chi connectivity index (χ4v) is 3.53. The molecule has 0 saturated carbocycles. The first kappa shape index (κ1) is 19.5. The number of amidine groups is 1. The molecule has 30 heavy (non-hydrogen) atoms. The number of carboxylic acid groups (broad SMARTS) is 1. The molecule has 2 N–H and O–H groups in total. The lowest BCUT2D eigenvalue weighted by Gasteiger charge is -2.05. The van der Waals surface area contributed by atoms with Crippen molar-refractivity contribution in [3.8, 4) is 11.5 Å². The number of thioether (sulfide) groups is 1. The Bertz CT molecular complexity index is 1140. The van der Waals surface area contributed by atoms with Gasteiger partial charge in [-0.3, -0.25) is 4.79 Å². The van der Waals surface area contributed by atoms with Crippen LogP contribution in [0.25, 0.3) is 6.08 Å². The molecule has 0 unspecified atom stereocenters. The average Bonchev–Trinajstić information content (AvgIpc) is 3.09. The zero-order chi connectivity index (χ0) is 20.9. The molecule has 3 aromatic carbocycles. The maximum atomic E-state index is 12.2. The van der Waals surface area contributed by atoms with E-state index in [2.05, 4.69) is 10.3 Å². The Morgan fingerprint density at radius 2 is 1.60 bits per heavy atom. The second kappa shape index (κ2) is 8.67. The van der Waals surface area contributed by atoms with Crippen LogP contribution in [0.15, 0.2) is 88.8 Å². The zero-order valence-electron chi connectivity index (χ0n) is 15.6. The topological polar surface area (TPSA) is 88.0 Å². The number of rotatable bonds is 5. The largest absolute Gasteiger partial charge is 0.478 e. The molecule has 0 aliphatic carbocycles. The van der Waals surface area contributed by atoms with Crippen molar-refractivity contribution in [1.82, 2.24) is 5.32 Å². The van der Waals surface area contributed by atoms with Crippen molar-refractivity contribution in [3.63, 3.8) is 0 Å². The van der Waals surface area contributed by atoms with Gasteiger partial charge in [0.2, 0.25) is 0 Å². The highest BCUT2D eigenvalue weighted by molar-refractivity contribution is 8.18. The number of hydrogen-bond donors (Lipinski definition) is 2. The van der Waals surface area contributed by atoms with E-state index < -0.39 is 5.97 Å². The van der Waals surface area contributed by atoms with E-state index >= 15 is 0 Å². The number of carboxylic acids is 1. The predicted octanol–water partition coefficient (Wildman–Crippen LogP) is 5.07. The van der Waals surface area contributed by atoms with E-state index in [1.165, 1.54) is 23.9 Å². The van der Waals surface area contributed by atoms with Gasteiger partial charge in [-0.15, -0.1) is 0 Å². The molecule has 148 valence electrons. The van der Waals surface area contributed by atoms with Crippen molar-refractivity contribution in [2.45, 2.75) is 0 Å². The van der Waals surface area contributed by atoms with Crippen molar-refractivity contribution in [2.75, 3.05) is 0 Å². The van der Waals surface area contributed by atoms with Crippen LogP contribution in [0.4, 0.5) is 5.69 Å². The van der Waals surface area contributed by atoms with Gasteiger partial charge in [-0.1, -0.05) is 30.3 Å². The molecule has 1 fully saturated rings. The quantitative estimate of drug-likeness (QED) is 0.567. The molecule has 1 heterocycles. The molecular formula is C23H16N2O4S. The molecule has 1 aliphatic heterocycles. The van der Waals surface area contributed by atoms with Crippen LogP contribution in [0.5, 0.6) is 11.5 Å². The number of nitrogens with zero attached hydrogens (tertiary/aromatic N) is 1. The minimum atomic E-state index is -0.989. The van der Waals surface area contributed by atoms with E-state index in [1.807, 2.05) is 54.6 Å². The monoisotopic (exact) mass is 416 g/mol. The van der Waals surface area contributed by atoms with Gasteiger partial charge in [0.25, 0.3) is 5.91 Å². The SMILES string of the molecule is O=C1NC(=Nc2ccc(Oc3ccccc3)cc2)S/C1=C/c1ccc(C(=O)O)cc1. The van der Waals surface area contributed by atoms with Gasteiger partial charge in [-0.25, -0.2) is 9.79 Å². The highest BCUT2D eigenvalue weighted by Gasteiger charge is 2.23. The predicted molar refractivity (Wildman–Crippen MR) is 117 cm³/mol. The standard InChI is InChI=1S/C23H16N2O4S/c26-21-20(14-15-6-8-16(9-7-15)22(27)28)30-23(25-21)24-17-10-12-19(13-11-17)29-18-4-2-1-3-5-18/h1-14H,(H,27,28)(H,24,25,26)/b20-14+. The number of para-hydroxylation sites is 1. The maximum Gasteiger partial charge on any atom is 0.335 e. The zero-order valence-corrected chi connectivity index (χ0v) is 16.4. The molecule has 1 saturated heterocycles. The van der Waals surface area contributed by atoms with E-state index in [1.54, 1.807) is 18.2 Å². The number of hydrogen-bond acceptors (Lipinski definition) is 5. The molecular weight excluding hydrogens is 400 g/mol. The number of ether oxygens (including phenoxy) is 1. The van der Waals surface area contributed by atoms with Gasteiger partial charge in [0, 0.05) is 0 Å². The lowest BCUT2D eigenvalue weighted by Crippen LogP contribution is -2.19. The molecule has 4 rings (SSSR count). The summed E-state index contributed by atoms with van der Waals surface area (Å²) in [7, 11) is 0. The summed E-state index contributed by atoms with van der Waals surface area (Å²) < 4.78 is 5.76. The minimum Gasteiger partial charge on any atom is -0.478 e. The summed E-state index contributed by atoms with van der Waals surface area (Å²) in [5, 5.41) is 12.2. The van der Waals surface area contributed by atoms with E-state index in [-0.39, 0.29) is 11.5 Å². The summed E-state index contributed by atoms with van der Waals surface area (Å²) in [5.74, 6) is 0.210. The summed E-state index contributed by atoms with van der Waals surface area (Å²) in [4.78, 5) is 28.1. The van der Waals surface area contributed by atoms with Gasteiger partial charge in [0.05, 0.1) is 16.2 Å².